The van der Waals surface area contributed by atoms with Crippen molar-refractivity contribution in [3.05, 3.63) is 58.8 Å². The average Bonchev–Trinajstić information content (AvgIpc) is 3.43. The summed E-state index contributed by atoms with van der Waals surface area (Å²) in [6.07, 6.45) is 2.83. The van der Waals surface area contributed by atoms with Gasteiger partial charge < -0.3 is 19.0 Å². The third-order valence-electron chi connectivity index (χ3n) is 5.07. The zero-order chi connectivity index (χ0) is 26.1. The Labute approximate surface area is 215 Å². The van der Waals surface area contributed by atoms with Gasteiger partial charge in [0.1, 0.15) is 34.3 Å². The highest BCUT2D eigenvalue weighted by Crippen LogP contribution is 2.38. The van der Waals surface area contributed by atoms with Crippen LogP contribution < -0.4 is 14.2 Å². The number of ether oxygens (including phenoxy) is 2. The van der Waals surface area contributed by atoms with Gasteiger partial charge in [0.15, 0.2) is 11.6 Å². The number of aryl methyl sites for hydroxylation is 1. The third kappa shape index (κ3) is 5.20. The predicted octanol–water partition coefficient (Wildman–Crippen LogP) is 3.05. The van der Waals surface area contributed by atoms with Gasteiger partial charge in [0.25, 0.3) is 0 Å². The van der Waals surface area contributed by atoms with E-state index in [1.165, 1.54) is 38.1 Å². The van der Waals surface area contributed by atoms with Crippen molar-refractivity contribution in [3.8, 4) is 28.8 Å². The zero-order valence-corrected chi connectivity index (χ0v) is 22.2. The molecule has 0 radical (unpaired) electrons. The van der Waals surface area contributed by atoms with Crippen LogP contribution in [-0.4, -0.2) is 58.2 Å². The Hall–Kier alpha value is -3.49. The summed E-state index contributed by atoms with van der Waals surface area (Å²) in [6.45, 7) is 3.07. The first-order chi connectivity index (χ1) is 17.0. The Morgan fingerprint density at radius 1 is 1.11 bits per heavy atom. The smallest absolute Gasteiger partial charge is 0.243 e. The summed E-state index contributed by atoms with van der Waals surface area (Å²) in [7, 11) is -1.27. The lowest BCUT2D eigenvalue weighted by Crippen LogP contribution is -2.36. The average molecular weight is 579 g/mol. The topological polar surface area (TPSA) is 154 Å². The van der Waals surface area contributed by atoms with Crippen LogP contribution in [0.2, 0.25) is 0 Å². The minimum Gasteiger partial charge on any atom is -0.494 e. The molecule has 0 amide bonds. The molecule has 1 unspecified atom stereocenters. The van der Waals surface area contributed by atoms with Crippen molar-refractivity contribution in [3.63, 3.8) is 0 Å². The molecular weight excluding hydrogens is 556 g/mol. The van der Waals surface area contributed by atoms with Crippen molar-refractivity contribution in [2.45, 2.75) is 19.4 Å². The number of anilines is 1. The van der Waals surface area contributed by atoms with Crippen molar-refractivity contribution >= 4 is 31.9 Å². The van der Waals surface area contributed by atoms with Gasteiger partial charge in [-0.1, -0.05) is 6.07 Å². The molecule has 0 aliphatic carbocycles. The summed E-state index contributed by atoms with van der Waals surface area (Å²) in [5.41, 5.74) is -1.56. The van der Waals surface area contributed by atoms with Crippen LogP contribution in [-0.2, 0) is 15.6 Å². The number of rotatable bonds is 9. The maximum atomic E-state index is 13.2. The van der Waals surface area contributed by atoms with Gasteiger partial charge in [-0.3, -0.25) is 9.29 Å². The Morgan fingerprint density at radius 2 is 1.75 bits per heavy atom. The van der Waals surface area contributed by atoms with Gasteiger partial charge >= 0.3 is 0 Å². The molecule has 0 saturated heterocycles. The van der Waals surface area contributed by atoms with E-state index in [0.29, 0.717) is 33.2 Å². The summed E-state index contributed by atoms with van der Waals surface area (Å²) < 4.78 is 47.6. The van der Waals surface area contributed by atoms with Crippen LogP contribution in [0.15, 0.2) is 51.6 Å². The van der Waals surface area contributed by atoms with E-state index < -0.39 is 21.4 Å². The summed E-state index contributed by atoms with van der Waals surface area (Å²) in [5, 5.41) is 19.1. The van der Waals surface area contributed by atoms with E-state index >= 15 is 0 Å². The molecule has 36 heavy (non-hydrogen) atoms. The van der Waals surface area contributed by atoms with E-state index in [0.717, 1.165) is 0 Å². The molecule has 0 aliphatic heterocycles. The molecule has 3 aromatic heterocycles. The molecule has 2 N–H and O–H groups in total. The van der Waals surface area contributed by atoms with Crippen molar-refractivity contribution in [2.75, 3.05) is 24.7 Å². The van der Waals surface area contributed by atoms with Crippen LogP contribution in [0.1, 0.15) is 18.5 Å². The van der Waals surface area contributed by atoms with Gasteiger partial charge in [0.05, 0.1) is 18.7 Å². The molecule has 4 aromatic rings. The minimum absolute atomic E-state index is 0.0595. The number of benzene rings is 1. The summed E-state index contributed by atoms with van der Waals surface area (Å²) in [6, 6.07) is 8.52. The van der Waals surface area contributed by atoms with E-state index in [9.17, 15) is 13.5 Å². The van der Waals surface area contributed by atoms with Crippen molar-refractivity contribution in [1.29, 1.82) is 0 Å². The fourth-order valence-corrected chi connectivity index (χ4v) is 5.08. The van der Waals surface area contributed by atoms with Gasteiger partial charge in [-0.15, -0.1) is 10.2 Å². The molecule has 4 rings (SSSR count). The molecule has 12 nitrogen and oxygen atoms in total. The van der Waals surface area contributed by atoms with Gasteiger partial charge in [-0.2, -0.15) is 0 Å². The number of halogens is 1. The number of aliphatic hydroxyl groups is 1. The molecular formula is C22H23BrN6O6S. The van der Waals surface area contributed by atoms with E-state index in [2.05, 4.69) is 40.8 Å². The number of methoxy groups -OCH3 is 2. The Morgan fingerprint density at radius 3 is 2.31 bits per heavy atom. The SMILES string of the molecule is COc1cccc(OC)c1-n1c(NS(=O)(=O)CC(C)(O)c2ncc(Br)cn2)nnc1-c1ccc(C)o1. The predicted molar refractivity (Wildman–Crippen MR) is 134 cm³/mol. The van der Waals surface area contributed by atoms with Crippen LogP contribution in [0, 0.1) is 6.92 Å². The highest BCUT2D eigenvalue weighted by Gasteiger charge is 2.35. The first kappa shape index (κ1) is 25.6. The zero-order valence-electron chi connectivity index (χ0n) is 19.8. The van der Waals surface area contributed by atoms with Gasteiger partial charge in [0, 0.05) is 12.4 Å². The Bertz CT molecular complexity index is 1460. The summed E-state index contributed by atoms with van der Waals surface area (Å²) in [4.78, 5) is 8.04. The van der Waals surface area contributed by atoms with Crippen molar-refractivity contribution in [2.24, 2.45) is 0 Å². The third-order valence-corrected chi connectivity index (χ3v) is 6.91. The molecule has 190 valence electrons. The number of furan rings is 1. The summed E-state index contributed by atoms with van der Waals surface area (Å²) in [5.74, 6) is 0.917. The quantitative estimate of drug-likeness (QED) is 0.302. The first-order valence-electron chi connectivity index (χ1n) is 10.5. The standard InChI is InChI=1S/C22H23BrN6O6S/c1-13-8-9-17(35-13)19-26-27-21(29(19)18-15(33-3)6-5-7-16(18)34-4)28-36(31,32)12-22(2,30)20-24-10-14(23)11-25-20/h5-11,30H,12H2,1-4H3,(H,27,28). The lowest BCUT2D eigenvalue weighted by atomic mass is 10.1. The van der Waals surface area contributed by atoms with Crippen LogP contribution in [0.25, 0.3) is 17.3 Å². The number of nitrogens with one attached hydrogen (secondary N) is 1. The number of sulfonamides is 1. The maximum absolute atomic E-state index is 13.2. The number of aromatic nitrogens is 5. The van der Waals surface area contributed by atoms with E-state index in [1.807, 2.05) is 0 Å². The fourth-order valence-electron chi connectivity index (χ4n) is 3.53. The minimum atomic E-state index is -4.21. The highest BCUT2D eigenvalue weighted by molar-refractivity contribution is 9.10. The normalized spacial score (nSPS) is 13.3. The molecule has 0 saturated carbocycles. The molecule has 0 aliphatic rings. The van der Waals surface area contributed by atoms with E-state index in [1.54, 1.807) is 37.3 Å². The molecule has 0 bridgehead atoms. The Kier molecular flexibility index (Phi) is 7.02. The second kappa shape index (κ2) is 9.87. The first-order valence-corrected chi connectivity index (χ1v) is 12.9. The number of nitrogens with zero attached hydrogens (tertiary/aromatic N) is 5. The molecule has 1 atom stereocenters. The number of hydrogen-bond acceptors (Lipinski definition) is 10. The number of para-hydroxylation sites is 1. The molecule has 14 heteroatoms. The Balaban J connectivity index is 1.80. The summed E-state index contributed by atoms with van der Waals surface area (Å²) >= 11 is 3.21. The van der Waals surface area contributed by atoms with Crippen LogP contribution >= 0.6 is 15.9 Å². The molecule has 0 spiro atoms. The lowest BCUT2D eigenvalue weighted by Gasteiger charge is -2.22. The van der Waals surface area contributed by atoms with Crippen LogP contribution in [0.3, 0.4) is 0 Å². The van der Waals surface area contributed by atoms with Crippen molar-refractivity contribution in [1.82, 2.24) is 24.7 Å². The fraction of sp³-hybridized carbons (Fsp3) is 0.273. The van der Waals surface area contributed by atoms with E-state index in [4.69, 9.17) is 13.9 Å². The molecule has 1 aromatic carbocycles. The molecule has 3 heterocycles. The highest BCUT2D eigenvalue weighted by atomic mass is 79.9. The van der Waals surface area contributed by atoms with Crippen molar-refractivity contribution < 1.29 is 27.4 Å². The van der Waals surface area contributed by atoms with Gasteiger partial charge in [0.2, 0.25) is 21.8 Å². The molecule has 0 fully saturated rings. The second-order valence-corrected chi connectivity index (χ2v) is 10.6. The van der Waals surface area contributed by atoms with E-state index in [-0.39, 0.29) is 17.6 Å². The lowest BCUT2D eigenvalue weighted by molar-refractivity contribution is 0.0721. The number of hydrogen-bond donors (Lipinski definition) is 2. The van der Waals surface area contributed by atoms with Gasteiger partial charge in [-0.25, -0.2) is 18.4 Å². The second-order valence-electron chi connectivity index (χ2n) is 7.96. The maximum Gasteiger partial charge on any atom is 0.243 e. The van der Waals surface area contributed by atoms with Gasteiger partial charge in [-0.05, 0) is 54.0 Å². The monoisotopic (exact) mass is 578 g/mol. The van der Waals surface area contributed by atoms with Crippen LogP contribution in [0.5, 0.6) is 11.5 Å². The van der Waals surface area contributed by atoms with Crippen LogP contribution in [0.4, 0.5) is 5.95 Å². The largest absolute Gasteiger partial charge is 0.494 e.